The zero-order valence-corrected chi connectivity index (χ0v) is 14.0. The van der Waals surface area contributed by atoms with Gasteiger partial charge < -0.3 is 9.30 Å². The lowest BCUT2D eigenvalue weighted by Gasteiger charge is -2.17. The minimum absolute atomic E-state index is 0.0361. The summed E-state index contributed by atoms with van der Waals surface area (Å²) in [6, 6.07) is 13.0. The van der Waals surface area contributed by atoms with Gasteiger partial charge in [-0.25, -0.2) is 0 Å². The SMILES string of the molecule is CC(C)COc1cccc(-c2ccc(C#N)c(=O)n2C(C)C)c1. The highest BCUT2D eigenvalue weighted by molar-refractivity contribution is 5.62. The summed E-state index contributed by atoms with van der Waals surface area (Å²) in [6.45, 7) is 8.71. The van der Waals surface area contributed by atoms with Gasteiger partial charge in [0.2, 0.25) is 0 Å². The normalized spacial score (nSPS) is 10.8. The van der Waals surface area contributed by atoms with Crippen molar-refractivity contribution in [1.29, 1.82) is 5.26 Å². The summed E-state index contributed by atoms with van der Waals surface area (Å²) >= 11 is 0. The highest BCUT2D eigenvalue weighted by atomic mass is 16.5. The molecule has 0 fully saturated rings. The van der Waals surface area contributed by atoms with Gasteiger partial charge in [-0.2, -0.15) is 5.26 Å². The fraction of sp³-hybridized carbons (Fsp3) is 0.368. The Balaban J connectivity index is 2.50. The molecule has 0 unspecified atom stereocenters. The summed E-state index contributed by atoms with van der Waals surface area (Å²) < 4.78 is 7.42. The van der Waals surface area contributed by atoms with Crippen LogP contribution >= 0.6 is 0 Å². The molecule has 0 saturated heterocycles. The maximum atomic E-state index is 12.4. The first kappa shape index (κ1) is 16.8. The summed E-state index contributed by atoms with van der Waals surface area (Å²) in [7, 11) is 0. The Bertz CT molecular complexity index is 783. The van der Waals surface area contributed by atoms with Crippen molar-refractivity contribution in [3.8, 4) is 23.1 Å². The molecule has 1 aromatic carbocycles. The molecule has 2 aromatic rings. The number of hydrogen-bond donors (Lipinski definition) is 0. The molecular weight excluding hydrogens is 288 g/mol. The van der Waals surface area contributed by atoms with Crippen LogP contribution in [0.2, 0.25) is 0 Å². The second-order valence-electron chi connectivity index (χ2n) is 6.25. The number of aromatic nitrogens is 1. The zero-order chi connectivity index (χ0) is 17.0. The fourth-order valence-electron chi connectivity index (χ4n) is 2.39. The summed E-state index contributed by atoms with van der Waals surface area (Å²) in [5, 5.41) is 9.07. The van der Waals surface area contributed by atoms with Crippen LogP contribution in [0.25, 0.3) is 11.3 Å². The first-order chi connectivity index (χ1) is 10.9. The van der Waals surface area contributed by atoms with Gasteiger partial charge in [0.25, 0.3) is 5.56 Å². The lowest BCUT2D eigenvalue weighted by molar-refractivity contribution is 0.271. The molecule has 0 saturated carbocycles. The number of pyridine rings is 1. The van der Waals surface area contributed by atoms with Crippen LogP contribution in [-0.4, -0.2) is 11.2 Å². The van der Waals surface area contributed by atoms with E-state index in [1.165, 1.54) is 0 Å². The van der Waals surface area contributed by atoms with Crippen LogP contribution in [0.3, 0.4) is 0 Å². The third kappa shape index (κ3) is 3.81. The van der Waals surface area contributed by atoms with E-state index >= 15 is 0 Å². The standard InChI is InChI=1S/C19H22N2O2/c1-13(2)12-23-17-7-5-6-15(10-17)18-9-8-16(11-20)19(22)21(18)14(3)4/h5-10,13-14H,12H2,1-4H3. The number of benzene rings is 1. The van der Waals surface area contributed by atoms with Crippen molar-refractivity contribution >= 4 is 0 Å². The van der Waals surface area contributed by atoms with Crippen molar-refractivity contribution in [2.75, 3.05) is 6.61 Å². The summed E-state index contributed by atoms with van der Waals surface area (Å²) in [5.74, 6) is 1.23. The second-order valence-corrected chi connectivity index (χ2v) is 6.25. The molecule has 0 aliphatic heterocycles. The Hall–Kier alpha value is -2.54. The van der Waals surface area contributed by atoms with Crippen molar-refractivity contribution in [2.24, 2.45) is 5.92 Å². The maximum Gasteiger partial charge on any atom is 0.269 e. The van der Waals surface area contributed by atoms with Gasteiger partial charge in [0, 0.05) is 11.6 Å². The van der Waals surface area contributed by atoms with Crippen LogP contribution in [0.15, 0.2) is 41.2 Å². The lowest BCUT2D eigenvalue weighted by atomic mass is 10.1. The van der Waals surface area contributed by atoms with E-state index in [1.54, 1.807) is 10.6 Å². The van der Waals surface area contributed by atoms with E-state index in [2.05, 4.69) is 13.8 Å². The predicted molar refractivity (Wildman–Crippen MR) is 91.6 cm³/mol. The molecule has 0 spiro atoms. The molecule has 0 aliphatic carbocycles. The monoisotopic (exact) mass is 310 g/mol. The van der Waals surface area contributed by atoms with Crippen molar-refractivity contribution < 1.29 is 4.74 Å². The number of hydrogen-bond acceptors (Lipinski definition) is 3. The molecular formula is C19H22N2O2. The van der Waals surface area contributed by atoms with Crippen LogP contribution in [0, 0.1) is 17.2 Å². The van der Waals surface area contributed by atoms with E-state index in [0.29, 0.717) is 12.5 Å². The smallest absolute Gasteiger partial charge is 0.269 e. The Morgan fingerprint density at radius 3 is 2.52 bits per heavy atom. The number of ether oxygens (including phenoxy) is 1. The van der Waals surface area contributed by atoms with Crippen LogP contribution in [-0.2, 0) is 0 Å². The molecule has 2 rings (SSSR count). The van der Waals surface area contributed by atoms with Crippen LogP contribution in [0.4, 0.5) is 0 Å². The third-order valence-electron chi connectivity index (χ3n) is 3.47. The molecule has 1 heterocycles. The highest BCUT2D eigenvalue weighted by Crippen LogP contribution is 2.25. The Morgan fingerprint density at radius 1 is 1.17 bits per heavy atom. The molecule has 0 amide bonds. The minimum atomic E-state index is -0.256. The Labute approximate surface area is 137 Å². The highest BCUT2D eigenvalue weighted by Gasteiger charge is 2.13. The van der Waals surface area contributed by atoms with Gasteiger partial charge in [-0.05, 0) is 44.0 Å². The zero-order valence-electron chi connectivity index (χ0n) is 14.0. The van der Waals surface area contributed by atoms with E-state index in [1.807, 2.05) is 50.2 Å². The average molecular weight is 310 g/mol. The van der Waals surface area contributed by atoms with Crippen LogP contribution in [0.5, 0.6) is 5.75 Å². The van der Waals surface area contributed by atoms with Crippen molar-refractivity contribution in [3.05, 3.63) is 52.3 Å². The topological polar surface area (TPSA) is 55.0 Å². The van der Waals surface area contributed by atoms with Gasteiger partial charge in [-0.15, -0.1) is 0 Å². The largest absolute Gasteiger partial charge is 0.493 e. The summed E-state index contributed by atoms with van der Waals surface area (Å²) in [6.07, 6.45) is 0. The van der Waals surface area contributed by atoms with Gasteiger partial charge in [0.05, 0.1) is 12.3 Å². The van der Waals surface area contributed by atoms with E-state index in [0.717, 1.165) is 17.0 Å². The van der Waals surface area contributed by atoms with Gasteiger partial charge in [-0.3, -0.25) is 4.79 Å². The molecule has 0 bridgehead atoms. The summed E-state index contributed by atoms with van der Waals surface area (Å²) in [4.78, 5) is 12.4. The molecule has 0 atom stereocenters. The van der Waals surface area contributed by atoms with E-state index in [9.17, 15) is 4.79 Å². The first-order valence-corrected chi connectivity index (χ1v) is 7.83. The fourth-order valence-corrected chi connectivity index (χ4v) is 2.39. The molecule has 120 valence electrons. The van der Waals surface area contributed by atoms with Gasteiger partial charge >= 0.3 is 0 Å². The van der Waals surface area contributed by atoms with Gasteiger partial charge in [-0.1, -0.05) is 26.0 Å². The van der Waals surface area contributed by atoms with Gasteiger partial charge in [0.15, 0.2) is 0 Å². The van der Waals surface area contributed by atoms with Crippen molar-refractivity contribution in [2.45, 2.75) is 33.7 Å². The number of nitrogens with zero attached hydrogens (tertiary/aromatic N) is 2. The van der Waals surface area contributed by atoms with Crippen LogP contribution < -0.4 is 10.3 Å². The van der Waals surface area contributed by atoms with Gasteiger partial charge in [0.1, 0.15) is 17.4 Å². The predicted octanol–water partition coefficient (Wildman–Crippen LogP) is 4.00. The van der Waals surface area contributed by atoms with E-state index in [-0.39, 0.29) is 17.2 Å². The Kier molecular flexibility index (Phi) is 5.23. The van der Waals surface area contributed by atoms with E-state index in [4.69, 9.17) is 10.00 Å². The molecule has 4 nitrogen and oxygen atoms in total. The van der Waals surface area contributed by atoms with Crippen molar-refractivity contribution in [3.63, 3.8) is 0 Å². The molecule has 0 N–H and O–H groups in total. The third-order valence-corrected chi connectivity index (χ3v) is 3.47. The minimum Gasteiger partial charge on any atom is -0.493 e. The first-order valence-electron chi connectivity index (χ1n) is 7.83. The molecule has 0 aliphatic rings. The number of rotatable bonds is 5. The Morgan fingerprint density at radius 2 is 1.91 bits per heavy atom. The molecule has 23 heavy (non-hydrogen) atoms. The second kappa shape index (κ2) is 7.15. The molecule has 4 heteroatoms. The quantitative estimate of drug-likeness (QED) is 0.838. The lowest BCUT2D eigenvalue weighted by Crippen LogP contribution is -2.25. The molecule has 1 aromatic heterocycles. The maximum absolute atomic E-state index is 12.4. The van der Waals surface area contributed by atoms with Crippen LogP contribution in [0.1, 0.15) is 39.3 Å². The summed E-state index contributed by atoms with van der Waals surface area (Å²) in [5.41, 5.74) is 1.60. The number of nitriles is 1. The van der Waals surface area contributed by atoms with E-state index < -0.39 is 0 Å². The molecule has 0 radical (unpaired) electrons. The average Bonchev–Trinajstić information content (AvgIpc) is 2.52. The van der Waals surface area contributed by atoms with Crippen molar-refractivity contribution in [1.82, 2.24) is 4.57 Å².